The Bertz CT molecular complexity index is 410. The third-order valence-corrected chi connectivity index (χ3v) is 2.38. The molecule has 0 aliphatic carbocycles. The van der Waals surface area contributed by atoms with E-state index in [0.29, 0.717) is 4.47 Å². The summed E-state index contributed by atoms with van der Waals surface area (Å²) in [4.78, 5) is 11.1. The number of carbonyl (C=O) groups is 1. The van der Waals surface area contributed by atoms with Gasteiger partial charge < -0.3 is 10.5 Å². The van der Waals surface area contributed by atoms with Gasteiger partial charge >= 0.3 is 11.9 Å². The Balaban J connectivity index is 3.11. The Morgan fingerprint density at radius 3 is 2.69 bits per heavy atom. The van der Waals surface area contributed by atoms with E-state index in [1.807, 2.05) is 0 Å². The van der Waals surface area contributed by atoms with Crippen LogP contribution in [-0.2, 0) is 15.5 Å². The van der Waals surface area contributed by atoms with E-state index < -0.39 is 17.5 Å². The van der Waals surface area contributed by atoms with Crippen LogP contribution in [-0.4, -0.2) is 12.6 Å². The van der Waals surface area contributed by atoms with Crippen molar-refractivity contribution in [3.05, 3.63) is 28.2 Å². The molecule has 0 spiro atoms. The van der Waals surface area contributed by atoms with Crippen LogP contribution < -0.4 is 5.73 Å². The van der Waals surface area contributed by atoms with E-state index >= 15 is 0 Å². The number of hydrogen-bond donors (Lipinski definition) is 1. The molecule has 0 unspecified atom stereocenters. The van der Waals surface area contributed by atoms with Crippen LogP contribution in [0.1, 0.15) is 12.5 Å². The van der Waals surface area contributed by atoms with E-state index in [1.54, 1.807) is 0 Å². The summed E-state index contributed by atoms with van der Waals surface area (Å²) in [6, 6.07) is 3.79. The number of esters is 1. The topological polar surface area (TPSA) is 52.3 Å². The van der Waals surface area contributed by atoms with Gasteiger partial charge in [-0.2, -0.15) is 8.78 Å². The quantitative estimate of drug-likeness (QED) is 0.689. The smallest absolute Gasteiger partial charge is 0.382 e. The van der Waals surface area contributed by atoms with Gasteiger partial charge in [0, 0.05) is 10.2 Å². The number of carbonyl (C=O) groups excluding carboxylic acids is 1. The average molecular weight is 294 g/mol. The number of ether oxygens (including phenoxy) is 1. The highest BCUT2D eigenvalue weighted by Crippen LogP contribution is 2.34. The largest absolute Gasteiger partial charge is 0.461 e. The molecule has 6 heteroatoms. The molecule has 3 nitrogen and oxygen atoms in total. The van der Waals surface area contributed by atoms with Gasteiger partial charge in [0.05, 0.1) is 12.2 Å². The molecule has 0 saturated carbocycles. The molecule has 0 radical (unpaired) electrons. The molecule has 0 atom stereocenters. The second kappa shape index (κ2) is 4.78. The lowest BCUT2D eigenvalue weighted by Gasteiger charge is -2.16. The van der Waals surface area contributed by atoms with Crippen LogP contribution in [0, 0.1) is 0 Å². The zero-order valence-electron chi connectivity index (χ0n) is 8.47. The number of rotatable bonds is 3. The summed E-state index contributed by atoms with van der Waals surface area (Å²) in [6.45, 7) is 1.35. The van der Waals surface area contributed by atoms with Gasteiger partial charge in [-0.3, -0.25) is 0 Å². The molecule has 0 aliphatic rings. The molecule has 1 aromatic carbocycles. The summed E-state index contributed by atoms with van der Waals surface area (Å²) in [5, 5.41) is 0. The first-order valence-corrected chi connectivity index (χ1v) is 5.29. The van der Waals surface area contributed by atoms with Crippen LogP contribution in [0.5, 0.6) is 0 Å². The summed E-state index contributed by atoms with van der Waals surface area (Å²) in [7, 11) is 0. The minimum absolute atomic E-state index is 0.106. The number of halogens is 3. The minimum atomic E-state index is -3.72. The maximum Gasteiger partial charge on any atom is 0.382 e. The molecule has 88 valence electrons. The van der Waals surface area contributed by atoms with Crippen molar-refractivity contribution >= 4 is 27.6 Å². The lowest BCUT2D eigenvalue weighted by atomic mass is 10.1. The highest BCUT2D eigenvalue weighted by atomic mass is 79.9. The fraction of sp³-hybridized carbons (Fsp3) is 0.300. The zero-order chi connectivity index (χ0) is 12.3. The molecule has 2 N–H and O–H groups in total. The van der Waals surface area contributed by atoms with Crippen LogP contribution in [0.4, 0.5) is 14.5 Å². The molecular formula is C10H10BrF2NO2. The van der Waals surface area contributed by atoms with Crippen molar-refractivity contribution in [1.29, 1.82) is 0 Å². The molecule has 0 aliphatic heterocycles. The molecule has 0 heterocycles. The standard InChI is InChI=1S/C10H10BrF2NO2/c1-2-16-9(15)10(12,13)7-4-3-6(11)5-8(7)14/h3-5H,2,14H2,1H3. The van der Waals surface area contributed by atoms with Gasteiger partial charge in [0.1, 0.15) is 0 Å². The van der Waals surface area contributed by atoms with Crippen LogP contribution in [0.25, 0.3) is 0 Å². The Kier molecular flexibility index (Phi) is 3.85. The first-order valence-electron chi connectivity index (χ1n) is 4.50. The van der Waals surface area contributed by atoms with Crippen molar-refractivity contribution in [3.63, 3.8) is 0 Å². The fourth-order valence-electron chi connectivity index (χ4n) is 1.15. The Morgan fingerprint density at radius 2 is 2.19 bits per heavy atom. The van der Waals surface area contributed by atoms with E-state index in [2.05, 4.69) is 20.7 Å². The normalized spacial score (nSPS) is 11.2. The van der Waals surface area contributed by atoms with Crippen molar-refractivity contribution in [2.75, 3.05) is 12.3 Å². The zero-order valence-corrected chi connectivity index (χ0v) is 10.1. The molecule has 1 rings (SSSR count). The molecule has 16 heavy (non-hydrogen) atoms. The number of benzene rings is 1. The third kappa shape index (κ3) is 2.49. The van der Waals surface area contributed by atoms with E-state index in [4.69, 9.17) is 5.73 Å². The second-order valence-electron chi connectivity index (χ2n) is 3.03. The van der Waals surface area contributed by atoms with Crippen molar-refractivity contribution in [2.24, 2.45) is 0 Å². The number of hydrogen-bond acceptors (Lipinski definition) is 3. The first-order chi connectivity index (χ1) is 7.39. The highest BCUT2D eigenvalue weighted by Gasteiger charge is 2.44. The molecule has 0 saturated heterocycles. The lowest BCUT2D eigenvalue weighted by molar-refractivity contribution is -0.173. The SMILES string of the molecule is CCOC(=O)C(F)(F)c1ccc(Br)cc1N. The number of anilines is 1. The molecule has 0 fully saturated rings. The summed E-state index contributed by atoms with van der Waals surface area (Å²) in [6.07, 6.45) is 0. The fourth-order valence-corrected chi connectivity index (χ4v) is 1.53. The van der Waals surface area contributed by atoms with Crippen molar-refractivity contribution in [2.45, 2.75) is 12.8 Å². The molecule has 0 bridgehead atoms. The van der Waals surface area contributed by atoms with Gasteiger partial charge in [0.25, 0.3) is 0 Å². The van der Waals surface area contributed by atoms with Crippen molar-refractivity contribution < 1.29 is 18.3 Å². The van der Waals surface area contributed by atoms with Crippen LogP contribution >= 0.6 is 15.9 Å². The number of nitrogen functional groups attached to an aromatic ring is 1. The number of nitrogens with two attached hydrogens (primary N) is 1. The van der Waals surface area contributed by atoms with E-state index in [9.17, 15) is 13.6 Å². The van der Waals surface area contributed by atoms with Gasteiger partial charge in [0.15, 0.2) is 0 Å². The predicted molar refractivity (Wildman–Crippen MR) is 59.1 cm³/mol. The third-order valence-electron chi connectivity index (χ3n) is 1.88. The molecule has 1 aromatic rings. The van der Waals surface area contributed by atoms with Crippen molar-refractivity contribution in [1.82, 2.24) is 0 Å². The monoisotopic (exact) mass is 293 g/mol. The highest BCUT2D eigenvalue weighted by molar-refractivity contribution is 9.10. The van der Waals surface area contributed by atoms with Crippen molar-refractivity contribution in [3.8, 4) is 0 Å². The Labute approximate surface area is 99.7 Å². The van der Waals surface area contributed by atoms with Crippen LogP contribution in [0.3, 0.4) is 0 Å². The van der Waals surface area contributed by atoms with Gasteiger partial charge in [-0.15, -0.1) is 0 Å². The number of alkyl halides is 2. The van der Waals surface area contributed by atoms with E-state index in [-0.39, 0.29) is 12.3 Å². The molecule has 0 amide bonds. The van der Waals surface area contributed by atoms with Gasteiger partial charge in [-0.25, -0.2) is 4.79 Å². The van der Waals surface area contributed by atoms with Gasteiger partial charge in [0.2, 0.25) is 0 Å². The summed E-state index contributed by atoms with van der Waals surface area (Å²) < 4.78 is 32.0. The molecular weight excluding hydrogens is 284 g/mol. The van der Waals surface area contributed by atoms with Gasteiger partial charge in [-0.1, -0.05) is 15.9 Å². The summed E-state index contributed by atoms with van der Waals surface area (Å²) >= 11 is 3.09. The lowest BCUT2D eigenvalue weighted by Crippen LogP contribution is -2.29. The van der Waals surface area contributed by atoms with Crippen LogP contribution in [0.2, 0.25) is 0 Å². The maximum atomic E-state index is 13.6. The minimum Gasteiger partial charge on any atom is -0.461 e. The summed E-state index contributed by atoms with van der Waals surface area (Å²) in [5.74, 6) is -5.31. The predicted octanol–water partition coefficient (Wildman–Crippen LogP) is 2.69. The van der Waals surface area contributed by atoms with Gasteiger partial charge in [-0.05, 0) is 25.1 Å². The van der Waals surface area contributed by atoms with E-state index in [1.165, 1.54) is 19.1 Å². The second-order valence-corrected chi connectivity index (χ2v) is 3.94. The first kappa shape index (κ1) is 12.9. The van der Waals surface area contributed by atoms with Crippen LogP contribution in [0.15, 0.2) is 22.7 Å². The Morgan fingerprint density at radius 1 is 1.56 bits per heavy atom. The average Bonchev–Trinajstić information content (AvgIpc) is 2.17. The summed E-state index contributed by atoms with van der Waals surface area (Å²) in [5.41, 5.74) is 4.72. The Hall–Kier alpha value is -1.17. The molecule has 0 aromatic heterocycles. The van der Waals surface area contributed by atoms with E-state index in [0.717, 1.165) is 6.07 Å². The maximum absolute atomic E-state index is 13.6.